The molecule has 1 unspecified atom stereocenters. The number of nitriles is 1. The monoisotopic (exact) mass is 275 g/mol. The summed E-state index contributed by atoms with van der Waals surface area (Å²) in [6, 6.07) is 7.50. The van der Waals surface area contributed by atoms with Gasteiger partial charge in [0.25, 0.3) is 0 Å². The number of benzene rings is 1. The van der Waals surface area contributed by atoms with E-state index in [1.54, 1.807) is 19.2 Å². The molecule has 1 atom stereocenters. The third-order valence-corrected chi connectivity index (χ3v) is 3.52. The van der Waals surface area contributed by atoms with Gasteiger partial charge in [0, 0.05) is 25.7 Å². The predicted molar refractivity (Wildman–Crippen MR) is 78.1 cm³/mol. The van der Waals surface area contributed by atoms with Gasteiger partial charge in [-0.15, -0.1) is 0 Å². The number of morpholine rings is 1. The quantitative estimate of drug-likeness (QED) is 0.886. The normalized spacial score (nSPS) is 19.4. The highest BCUT2D eigenvalue weighted by molar-refractivity contribution is 5.59. The third-order valence-electron chi connectivity index (χ3n) is 3.52. The molecule has 1 aliphatic rings. The molecular weight excluding hydrogens is 254 g/mol. The lowest BCUT2D eigenvalue weighted by Gasteiger charge is -2.32. The fourth-order valence-electron chi connectivity index (χ4n) is 2.32. The number of methoxy groups -OCH3 is 1. The molecular formula is C15H21N3O2. The van der Waals surface area contributed by atoms with Crippen LogP contribution >= 0.6 is 0 Å². The zero-order valence-electron chi connectivity index (χ0n) is 12.1. The van der Waals surface area contributed by atoms with E-state index in [2.05, 4.69) is 23.2 Å². The lowest BCUT2D eigenvalue weighted by Crippen LogP contribution is -2.45. The molecule has 0 radical (unpaired) electrons. The second-order valence-electron chi connectivity index (χ2n) is 4.79. The summed E-state index contributed by atoms with van der Waals surface area (Å²) in [7, 11) is 1.61. The molecule has 2 rings (SSSR count). The molecule has 0 aromatic heterocycles. The molecule has 5 heteroatoms. The number of hydrogen-bond acceptors (Lipinski definition) is 5. The van der Waals surface area contributed by atoms with E-state index in [1.165, 1.54) is 0 Å². The summed E-state index contributed by atoms with van der Waals surface area (Å²) in [5.74, 6) is 0.687. The SMILES string of the molecule is CCN1CCOC(CNc2ccc(C#N)cc2OC)C1. The number of anilines is 1. The summed E-state index contributed by atoms with van der Waals surface area (Å²) in [5, 5.41) is 12.2. The van der Waals surface area contributed by atoms with Gasteiger partial charge < -0.3 is 14.8 Å². The van der Waals surface area contributed by atoms with E-state index >= 15 is 0 Å². The third kappa shape index (κ3) is 3.62. The first-order valence-corrected chi connectivity index (χ1v) is 6.92. The van der Waals surface area contributed by atoms with Crippen molar-refractivity contribution in [2.75, 3.05) is 45.2 Å². The van der Waals surface area contributed by atoms with Crippen LogP contribution in [0.15, 0.2) is 18.2 Å². The van der Waals surface area contributed by atoms with E-state index < -0.39 is 0 Å². The molecule has 108 valence electrons. The number of ether oxygens (including phenoxy) is 2. The van der Waals surface area contributed by atoms with E-state index in [1.807, 2.05) is 6.07 Å². The molecule has 0 bridgehead atoms. The number of hydrogen-bond donors (Lipinski definition) is 1. The average Bonchev–Trinajstić information content (AvgIpc) is 2.52. The Bertz CT molecular complexity index is 484. The molecule has 1 aromatic carbocycles. The Labute approximate surface area is 120 Å². The van der Waals surface area contributed by atoms with Crippen molar-refractivity contribution in [1.82, 2.24) is 4.90 Å². The molecule has 0 aliphatic carbocycles. The van der Waals surface area contributed by atoms with E-state index in [4.69, 9.17) is 14.7 Å². The number of nitrogens with zero attached hydrogens (tertiary/aromatic N) is 2. The van der Waals surface area contributed by atoms with Crippen LogP contribution in [0, 0.1) is 11.3 Å². The van der Waals surface area contributed by atoms with Crippen LogP contribution in [-0.4, -0.2) is 50.9 Å². The number of rotatable bonds is 5. The van der Waals surface area contributed by atoms with Gasteiger partial charge in [-0.3, -0.25) is 4.90 Å². The Morgan fingerprint density at radius 3 is 3.10 bits per heavy atom. The highest BCUT2D eigenvalue weighted by Crippen LogP contribution is 2.25. The standard InChI is InChI=1S/C15H21N3O2/c1-3-18-6-7-20-13(11-18)10-17-14-5-4-12(9-16)8-15(14)19-2/h4-5,8,13,17H,3,6-7,10-11H2,1-2H3. The van der Waals surface area contributed by atoms with Crippen LogP contribution in [0.25, 0.3) is 0 Å². The second-order valence-corrected chi connectivity index (χ2v) is 4.79. The van der Waals surface area contributed by atoms with E-state index in [9.17, 15) is 0 Å². The van der Waals surface area contributed by atoms with Gasteiger partial charge in [0.15, 0.2) is 0 Å². The minimum atomic E-state index is 0.184. The largest absolute Gasteiger partial charge is 0.495 e. The number of nitrogens with one attached hydrogen (secondary N) is 1. The first kappa shape index (κ1) is 14.6. The van der Waals surface area contributed by atoms with E-state index in [0.717, 1.165) is 38.5 Å². The van der Waals surface area contributed by atoms with Gasteiger partial charge in [-0.1, -0.05) is 6.92 Å². The van der Waals surface area contributed by atoms with Crippen LogP contribution in [0.3, 0.4) is 0 Å². The molecule has 1 aromatic rings. The predicted octanol–water partition coefficient (Wildman–Crippen LogP) is 1.70. The molecule has 1 N–H and O–H groups in total. The molecule has 5 nitrogen and oxygen atoms in total. The summed E-state index contributed by atoms with van der Waals surface area (Å²) in [6.45, 7) is 6.69. The fourth-order valence-corrected chi connectivity index (χ4v) is 2.32. The molecule has 1 heterocycles. The van der Waals surface area contributed by atoms with Gasteiger partial charge in [-0.25, -0.2) is 0 Å². The van der Waals surface area contributed by atoms with E-state index in [-0.39, 0.29) is 6.10 Å². The highest BCUT2D eigenvalue weighted by Gasteiger charge is 2.19. The van der Waals surface area contributed by atoms with Crippen LogP contribution in [0.5, 0.6) is 5.75 Å². The van der Waals surface area contributed by atoms with Gasteiger partial charge in [-0.05, 0) is 18.7 Å². The molecule has 0 spiro atoms. The molecule has 1 saturated heterocycles. The van der Waals surface area contributed by atoms with Crippen LogP contribution in [0.1, 0.15) is 12.5 Å². The van der Waals surface area contributed by atoms with Crippen molar-refractivity contribution >= 4 is 5.69 Å². The van der Waals surface area contributed by atoms with Gasteiger partial charge in [0.05, 0.1) is 37.1 Å². The summed E-state index contributed by atoms with van der Waals surface area (Å²) < 4.78 is 11.1. The summed E-state index contributed by atoms with van der Waals surface area (Å²) >= 11 is 0. The van der Waals surface area contributed by atoms with Gasteiger partial charge in [-0.2, -0.15) is 5.26 Å². The van der Waals surface area contributed by atoms with Crippen molar-refractivity contribution in [2.45, 2.75) is 13.0 Å². The Balaban J connectivity index is 1.95. The zero-order valence-corrected chi connectivity index (χ0v) is 12.1. The minimum absolute atomic E-state index is 0.184. The topological polar surface area (TPSA) is 57.5 Å². The highest BCUT2D eigenvalue weighted by atomic mass is 16.5. The molecule has 20 heavy (non-hydrogen) atoms. The zero-order chi connectivity index (χ0) is 14.4. The Morgan fingerprint density at radius 2 is 2.40 bits per heavy atom. The van der Waals surface area contributed by atoms with Crippen molar-refractivity contribution < 1.29 is 9.47 Å². The summed E-state index contributed by atoms with van der Waals surface area (Å²) in [5.41, 5.74) is 1.49. The Kier molecular flexibility index (Phi) is 5.22. The molecule has 0 saturated carbocycles. The second kappa shape index (κ2) is 7.13. The molecule has 1 fully saturated rings. The maximum absolute atomic E-state index is 8.89. The molecule has 1 aliphatic heterocycles. The fraction of sp³-hybridized carbons (Fsp3) is 0.533. The Morgan fingerprint density at radius 1 is 1.55 bits per heavy atom. The summed E-state index contributed by atoms with van der Waals surface area (Å²) in [6.07, 6.45) is 0.184. The van der Waals surface area contributed by atoms with Crippen LogP contribution in [0.2, 0.25) is 0 Å². The smallest absolute Gasteiger partial charge is 0.143 e. The maximum atomic E-state index is 8.89. The first-order valence-electron chi connectivity index (χ1n) is 6.92. The van der Waals surface area contributed by atoms with Crippen molar-refractivity contribution in [3.8, 4) is 11.8 Å². The van der Waals surface area contributed by atoms with Gasteiger partial charge in [0.2, 0.25) is 0 Å². The van der Waals surface area contributed by atoms with Crippen molar-refractivity contribution in [1.29, 1.82) is 5.26 Å². The first-order chi connectivity index (χ1) is 9.76. The molecule has 0 amide bonds. The summed E-state index contributed by atoms with van der Waals surface area (Å²) in [4.78, 5) is 2.38. The van der Waals surface area contributed by atoms with Crippen LogP contribution in [-0.2, 0) is 4.74 Å². The van der Waals surface area contributed by atoms with Crippen molar-refractivity contribution in [3.63, 3.8) is 0 Å². The van der Waals surface area contributed by atoms with Crippen LogP contribution < -0.4 is 10.1 Å². The lowest BCUT2D eigenvalue weighted by atomic mass is 10.2. The average molecular weight is 275 g/mol. The number of likely N-dealkylation sites (N-methyl/N-ethyl adjacent to an activating group) is 1. The van der Waals surface area contributed by atoms with Crippen molar-refractivity contribution in [3.05, 3.63) is 23.8 Å². The lowest BCUT2D eigenvalue weighted by molar-refractivity contribution is -0.0191. The minimum Gasteiger partial charge on any atom is -0.495 e. The van der Waals surface area contributed by atoms with Crippen molar-refractivity contribution in [2.24, 2.45) is 0 Å². The van der Waals surface area contributed by atoms with Gasteiger partial charge >= 0.3 is 0 Å². The maximum Gasteiger partial charge on any atom is 0.143 e. The van der Waals surface area contributed by atoms with Crippen LogP contribution in [0.4, 0.5) is 5.69 Å². The van der Waals surface area contributed by atoms with E-state index in [0.29, 0.717) is 11.3 Å². The Hall–Kier alpha value is -1.77. The van der Waals surface area contributed by atoms with Gasteiger partial charge in [0.1, 0.15) is 5.75 Å².